The molecule has 2 heteroatoms. The van der Waals surface area contributed by atoms with Crippen LogP contribution in [0.25, 0.3) is 0 Å². The zero-order valence-corrected chi connectivity index (χ0v) is 11.7. The maximum atomic E-state index is 12.5. The third-order valence-corrected chi connectivity index (χ3v) is 4.30. The topological polar surface area (TPSA) is 43.1 Å². The number of hydrogen-bond acceptors (Lipinski definition) is 2. The van der Waals surface area contributed by atoms with Crippen LogP contribution in [0.2, 0.25) is 0 Å². The molecule has 2 aromatic carbocycles. The first-order valence-corrected chi connectivity index (χ1v) is 7.07. The number of rotatable bonds is 4. The molecular formula is C18H19NO. The van der Waals surface area contributed by atoms with E-state index >= 15 is 0 Å². The largest absolute Gasteiger partial charge is 0.330 e. The lowest BCUT2D eigenvalue weighted by atomic mass is 9.92. The molecule has 1 aliphatic rings. The Morgan fingerprint density at radius 1 is 1.10 bits per heavy atom. The number of aryl methyl sites for hydroxylation is 1. The first-order valence-electron chi connectivity index (χ1n) is 7.07. The van der Waals surface area contributed by atoms with Crippen LogP contribution in [0.15, 0.2) is 48.5 Å². The van der Waals surface area contributed by atoms with Crippen molar-refractivity contribution in [3.05, 3.63) is 70.8 Å². The maximum absolute atomic E-state index is 12.5. The van der Waals surface area contributed by atoms with Gasteiger partial charge in [0.25, 0.3) is 0 Å². The molecule has 2 aromatic rings. The molecule has 102 valence electrons. The van der Waals surface area contributed by atoms with E-state index in [1.165, 1.54) is 5.56 Å². The highest BCUT2D eigenvalue weighted by molar-refractivity contribution is 6.09. The molecular weight excluding hydrogens is 246 g/mol. The predicted octanol–water partition coefficient (Wildman–Crippen LogP) is 3.22. The number of benzene rings is 2. The van der Waals surface area contributed by atoms with Gasteiger partial charge < -0.3 is 5.73 Å². The van der Waals surface area contributed by atoms with Gasteiger partial charge >= 0.3 is 0 Å². The average molecular weight is 265 g/mol. The molecule has 0 atom stereocenters. The molecule has 20 heavy (non-hydrogen) atoms. The van der Waals surface area contributed by atoms with Gasteiger partial charge in [-0.15, -0.1) is 0 Å². The van der Waals surface area contributed by atoms with Gasteiger partial charge in [-0.25, -0.2) is 0 Å². The van der Waals surface area contributed by atoms with Crippen molar-refractivity contribution in [3.63, 3.8) is 0 Å². The van der Waals surface area contributed by atoms with Gasteiger partial charge in [0.05, 0.1) is 0 Å². The van der Waals surface area contributed by atoms with E-state index in [1.54, 1.807) is 0 Å². The Labute approximate surface area is 119 Å². The average Bonchev–Trinajstić information content (AvgIpc) is 3.29. The first kappa shape index (κ1) is 13.1. The van der Waals surface area contributed by atoms with Gasteiger partial charge in [-0.05, 0) is 31.4 Å². The van der Waals surface area contributed by atoms with Gasteiger partial charge in [-0.3, -0.25) is 4.79 Å². The summed E-state index contributed by atoms with van der Waals surface area (Å²) in [6.07, 6.45) is 2.26. The second kappa shape index (κ2) is 4.88. The molecule has 2 nitrogen and oxygen atoms in total. The summed E-state index contributed by atoms with van der Waals surface area (Å²) in [6, 6.07) is 15.7. The highest BCUT2D eigenvalue weighted by atomic mass is 16.1. The highest BCUT2D eigenvalue weighted by Crippen LogP contribution is 2.47. The Bertz CT molecular complexity index is 639. The molecule has 3 rings (SSSR count). The van der Waals surface area contributed by atoms with Crippen LogP contribution in [0.3, 0.4) is 0 Å². The standard InChI is InChI=1S/C18H19NO/c1-13-5-7-14(8-6-13)17(20)15-3-2-4-16(11-15)18(12-19)9-10-18/h2-8,11H,9-10,12,19H2,1H3. The summed E-state index contributed by atoms with van der Waals surface area (Å²) in [7, 11) is 0. The minimum absolute atomic E-state index is 0.0830. The fraction of sp³-hybridized carbons (Fsp3) is 0.278. The Balaban J connectivity index is 1.92. The molecule has 0 aliphatic heterocycles. The number of ketones is 1. The van der Waals surface area contributed by atoms with Gasteiger partial charge in [0.2, 0.25) is 0 Å². The minimum atomic E-state index is 0.0830. The lowest BCUT2D eigenvalue weighted by Gasteiger charge is -2.13. The third-order valence-electron chi connectivity index (χ3n) is 4.30. The summed E-state index contributed by atoms with van der Waals surface area (Å²) in [6.45, 7) is 2.68. The molecule has 0 saturated heterocycles. The summed E-state index contributed by atoms with van der Waals surface area (Å²) in [5.41, 5.74) is 9.86. The van der Waals surface area contributed by atoms with E-state index in [-0.39, 0.29) is 11.2 Å². The molecule has 2 N–H and O–H groups in total. The van der Waals surface area contributed by atoms with Crippen molar-refractivity contribution < 1.29 is 4.79 Å². The van der Waals surface area contributed by atoms with E-state index in [1.807, 2.05) is 49.4 Å². The first-order chi connectivity index (χ1) is 9.64. The van der Waals surface area contributed by atoms with Gasteiger partial charge in [-0.1, -0.05) is 48.0 Å². The summed E-state index contributed by atoms with van der Waals surface area (Å²) in [5.74, 6) is 0.0830. The number of hydrogen-bond donors (Lipinski definition) is 1. The number of nitrogens with two attached hydrogens (primary N) is 1. The molecule has 0 aromatic heterocycles. The van der Waals surface area contributed by atoms with Crippen molar-refractivity contribution in [2.24, 2.45) is 5.73 Å². The van der Waals surface area contributed by atoms with Crippen LogP contribution in [0.4, 0.5) is 0 Å². The Morgan fingerprint density at radius 3 is 2.40 bits per heavy atom. The fourth-order valence-electron chi connectivity index (χ4n) is 2.62. The lowest BCUT2D eigenvalue weighted by molar-refractivity contribution is 0.103. The van der Waals surface area contributed by atoms with E-state index in [4.69, 9.17) is 5.73 Å². The molecule has 0 amide bonds. The predicted molar refractivity (Wildman–Crippen MR) is 81.0 cm³/mol. The van der Waals surface area contributed by atoms with Crippen LogP contribution in [0.1, 0.15) is 39.9 Å². The second-order valence-electron chi connectivity index (χ2n) is 5.76. The van der Waals surface area contributed by atoms with Gasteiger partial charge in [-0.2, -0.15) is 0 Å². The maximum Gasteiger partial charge on any atom is 0.193 e. The van der Waals surface area contributed by atoms with Crippen molar-refractivity contribution in [3.8, 4) is 0 Å². The summed E-state index contributed by atoms with van der Waals surface area (Å²) >= 11 is 0. The van der Waals surface area contributed by atoms with Crippen LogP contribution < -0.4 is 5.73 Å². The molecule has 0 radical (unpaired) electrons. The molecule has 1 saturated carbocycles. The minimum Gasteiger partial charge on any atom is -0.330 e. The van der Waals surface area contributed by atoms with Crippen molar-refractivity contribution >= 4 is 5.78 Å². The second-order valence-corrected chi connectivity index (χ2v) is 5.76. The van der Waals surface area contributed by atoms with E-state index in [0.717, 1.165) is 29.5 Å². The third kappa shape index (κ3) is 2.27. The zero-order chi connectivity index (χ0) is 14.2. The van der Waals surface area contributed by atoms with Crippen LogP contribution >= 0.6 is 0 Å². The molecule has 0 heterocycles. The zero-order valence-electron chi connectivity index (χ0n) is 11.7. The Morgan fingerprint density at radius 2 is 1.80 bits per heavy atom. The van der Waals surface area contributed by atoms with Crippen LogP contribution in [0.5, 0.6) is 0 Å². The molecule has 1 aliphatic carbocycles. The van der Waals surface area contributed by atoms with Gasteiger partial charge in [0.1, 0.15) is 0 Å². The lowest BCUT2D eigenvalue weighted by Crippen LogP contribution is -2.20. The van der Waals surface area contributed by atoms with Crippen LogP contribution in [-0.2, 0) is 5.41 Å². The molecule has 0 unspecified atom stereocenters. The van der Waals surface area contributed by atoms with Crippen molar-refractivity contribution in [1.29, 1.82) is 0 Å². The fourth-order valence-corrected chi connectivity index (χ4v) is 2.62. The van der Waals surface area contributed by atoms with E-state index in [0.29, 0.717) is 6.54 Å². The van der Waals surface area contributed by atoms with Crippen molar-refractivity contribution in [2.45, 2.75) is 25.2 Å². The Hall–Kier alpha value is -1.93. The van der Waals surface area contributed by atoms with Crippen LogP contribution in [-0.4, -0.2) is 12.3 Å². The Kier molecular flexibility index (Phi) is 3.19. The van der Waals surface area contributed by atoms with E-state index < -0.39 is 0 Å². The van der Waals surface area contributed by atoms with Crippen molar-refractivity contribution in [2.75, 3.05) is 6.54 Å². The number of carbonyl (C=O) groups excluding carboxylic acids is 1. The van der Waals surface area contributed by atoms with Crippen molar-refractivity contribution in [1.82, 2.24) is 0 Å². The van der Waals surface area contributed by atoms with Crippen LogP contribution in [0, 0.1) is 6.92 Å². The quantitative estimate of drug-likeness (QED) is 0.863. The molecule has 0 bridgehead atoms. The van der Waals surface area contributed by atoms with E-state index in [9.17, 15) is 4.79 Å². The monoisotopic (exact) mass is 265 g/mol. The van der Waals surface area contributed by atoms with Gasteiger partial charge in [0, 0.05) is 23.1 Å². The SMILES string of the molecule is Cc1ccc(C(=O)c2cccc(C3(CN)CC3)c2)cc1. The number of carbonyl (C=O) groups is 1. The summed E-state index contributed by atoms with van der Waals surface area (Å²) in [5, 5.41) is 0. The normalized spacial score (nSPS) is 15.9. The molecule has 0 spiro atoms. The van der Waals surface area contributed by atoms with E-state index in [2.05, 4.69) is 6.07 Å². The smallest absolute Gasteiger partial charge is 0.193 e. The van der Waals surface area contributed by atoms with Gasteiger partial charge in [0.15, 0.2) is 5.78 Å². The summed E-state index contributed by atoms with van der Waals surface area (Å²) in [4.78, 5) is 12.5. The summed E-state index contributed by atoms with van der Waals surface area (Å²) < 4.78 is 0. The highest BCUT2D eigenvalue weighted by Gasteiger charge is 2.42. The molecule has 1 fully saturated rings.